The Balaban J connectivity index is 2.02. The highest BCUT2D eigenvalue weighted by Gasteiger charge is 2.35. The SMILES string of the molecule is CCNC(=O)C(C)N(CCc1ccccc1)C(=O)CN(c1cccc(C(F)(F)F)c1)S(=O)(=O)c1ccccc1. The van der Waals surface area contributed by atoms with E-state index in [4.69, 9.17) is 0 Å². The third-order valence-corrected chi connectivity index (χ3v) is 7.86. The Morgan fingerprint density at radius 2 is 1.54 bits per heavy atom. The molecule has 3 aromatic rings. The molecule has 0 bridgehead atoms. The van der Waals surface area contributed by atoms with E-state index in [1.54, 1.807) is 13.0 Å². The Hall–Kier alpha value is -3.86. The molecule has 2 amide bonds. The van der Waals surface area contributed by atoms with Crippen molar-refractivity contribution in [2.45, 2.75) is 37.4 Å². The van der Waals surface area contributed by atoms with E-state index >= 15 is 0 Å². The molecule has 0 saturated heterocycles. The number of carbonyl (C=O) groups is 2. The summed E-state index contributed by atoms with van der Waals surface area (Å²) in [7, 11) is -4.45. The maximum atomic E-state index is 13.7. The molecule has 0 aliphatic carbocycles. The second kappa shape index (κ2) is 12.8. The summed E-state index contributed by atoms with van der Waals surface area (Å²) in [5, 5.41) is 2.65. The quantitative estimate of drug-likeness (QED) is 0.374. The van der Waals surface area contributed by atoms with E-state index in [2.05, 4.69) is 5.32 Å². The van der Waals surface area contributed by atoms with Crippen molar-refractivity contribution in [2.24, 2.45) is 0 Å². The lowest BCUT2D eigenvalue weighted by Gasteiger charge is -2.32. The van der Waals surface area contributed by atoms with Gasteiger partial charge in [0, 0.05) is 13.1 Å². The van der Waals surface area contributed by atoms with Gasteiger partial charge in [-0.15, -0.1) is 0 Å². The standard InChI is InChI=1S/C28H30F3N3O4S/c1-3-32-27(36)21(2)33(18-17-22-11-6-4-7-12-22)26(35)20-34(39(37,38)25-15-8-5-9-16-25)24-14-10-13-23(19-24)28(29,30)31/h4-16,19,21H,3,17-18,20H2,1-2H3,(H,32,36). The number of sulfonamides is 1. The maximum Gasteiger partial charge on any atom is 0.416 e. The highest BCUT2D eigenvalue weighted by atomic mass is 32.2. The average Bonchev–Trinajstić information content (AvgIpc) is 2.92. The van der Waals surface area contributed by atoms with Crippen LogP contribution in [0.15, 0.2) is 89.8 Å². The van der Waals surface area contributed by atoms with Crippen LogP contribution in [0.2, 0.25) is 0 Å². The number of likely N-dealkylation sites (N-methyl/N-ethyl adjacent to an activating group) is 1. The van der Waals surface area contributed by atoms with E-state index in [9.17, 15) is 31.2 Å². The first-order valence-electron chi connectivity index (χ1n) is 12.3. The van der Waals surface area contributed by atoms with Crippen LogP contribution in [-0.2, 0) is 32.2 Å². The largest absolute Gasteiger partial charge is 0.416 e. The van der Waals surface area contributed by atoms with Crippen molar-refractivity contribution in [3.05, 3.63) is 96.1 Å². The van der Waals surface area contributed by atoms with Crippen LogP contribution < -0.4 is 9.62 Å². The van der Waals surface area contributed by atoms with E-state index in [1.165, 1.54) is 42.2 Å². The smallest absolute Gasteiger partial charge is 0.355 e. The number of alkyl halides is 3. The van der Waals surface area contributed by atoms with Gasteiger partial charge in [-0.25, -0.2) is 8.42 Å². The van der Waals surface area contributed by atoms with Gasteiger partial charge in [0.15, 0.2) is 0 Å². The van der Waals surface area contributed by atoms with E-state index < -0.39 is 46.2 Å². The molecule has 3 aromatic carbocycles. The number of amides is 2. The fraction of sp³-hybridized carbons (Fsp3) is 0.286. The van der Waals surface area contributed by atoms with Crippen LogP contribution in [0.3, 0.4) is 0 Å². The number of anilines is 1. The topological polar surface area (TPSA) is 86.8 Å². The van der Waals surface area contributed by atoms with E-state index in [0.29, 0.717) is 23.3 Å². The Labute approximate surface area is 226 Å². The second-order valence-corrected chi connectivity index (χ2v) is 10.6. The van der Waals surface area contributed by atoms with Crippen LogP contribution in [0.4, 0.5) is 18.9 Å². The molecule has 0 aliphatic rings. The van der Waals surface area contributed by atoms with Gasteiger partial charge in [0.25, 0.3) is 10.0 Å². The lowest BCUT2D eigenvalue weighted by atomic mass is 10.1. The zero-order valence-electron chi connectivity index (χ0n) is 21.6. The fourth-order valence-electron chi connectivity index (χ4n) is 3.98. The van der Waals surface area contributed by atoms with Crippen molar-refractivity contribution in [3.63, 3.8) is 0 Å². The molecule has 0 aromatic heterocycles. The molecule has 1 atom stereocenters. The molecule has 208 valence electrons. The van der Waals surface area contributed by atoms with Gasteiger partial charge in [0.1, 0.15) is 12.6 Å². The maximum absolute atomic E-state index is 13.7. The third-order valence-electron chi connectivity index (χ3n) is 6.07. The summed E-state index contributed by atoms with van der Waals surface area (Å²) < 4.78 is 68.4. The molecular weight excluding hydrogens is 531 g/mol. The van der Waals surface area contributed by atoms with Gasteiger partial charge in [0.2, 0.25) is 11.8 Å². The molecule has 11 heteroatoms. The summed E-state index contributed by atoms with van der Waals surface area (Å²) in [5.41, 5.74) is -0.488. The highest BCUT2D eigenvalue weighted by molar-refractivity contribution is 7.92. The minimum atomic E-state index is -4.73. The van der Waals surface area contributed by atoms with Gasteiger partial charge in [-0.1, -0.05) is 54.6 Å². The number of rotatable bonds is 11. The molecule has 0 fully saturated rings. The Bertz CT molecular complexity index is 1370. The molecule has 7 nitrogen and oxygen atoms in total. The number of hydrogen-bond donors (Lipinski definition) is 1. The van der Waals surface area contributed by atoms with Crippen molar-refractivity contribution in [2.75, 3.05) is 23.9 Å². The summed E-state index contributed by atoms with van der Waals surface area (Å²) in [6.45, 7) is 2.85. The average molecular weight is 562 g/mol. The van der Waals surface area contributed by atoms with E-state index in [1.807, 2.05) is 30.3 Å². The van der Waals surface area contributed by atoms with Crippen molar-refractivity contribution in [1.82, 2.24) is 10.2 Å². The molecule has 0 heterocycles. The number of benzene rings is 3. The van der Waals surface area contributed by atoms with Crippen LogP contribution in [0.5, 0.6) is 0 Å². The highest BCUT2D eigenvalue weighted by Crippen LogP contribution is 2.33. The Kier molecular flexibility index (Phi) is 9.74. The predicted molar refractivity (Wildman–Crippen MR) is 142 cm³/mol. The van der Waals surface area contributed by atoms with Gasteiger partial charge in [-0.3, -0.25) is 13.9 Å². The third kappa shape index (κ3) is 7.60. The van der Waals surface area contributed by atoms with Gasteiger partial charge in [-0.2, -0.15) is 13.2 Å². The number of halogens is 3. The first-order chi connectivity index (χ1) is 18.4. The van der Waals surface area contributed by atoms with E-state index in [-0.39, 0.29) is 17.1 Å². The van der Waals surface area contributed by atoms with E-state index in [0.717, 1.165) is 17.7 Å². The molecule has 1 unspecified atom stereocenters. The normalized spacial score (nSPS) is 12.4. The van der Waals surface area contributed by atoms with Gasteiger partial charge >= 0.3 is 6.18 Å². The minimum Gasteiger partial charge on any atom is -0.355 e. The molecule has 0 radical (unpaired) electrons. The van der Waals surface area contributed by atoms with Crippen LogP contribution in [-0.4, -0.2) is 50.8 Å². The van der Waals surface area contributed by atoms with Crippen LogP contribution in [0, 0.1) is 0 Å². The van der Waals surface area contributed by atoms with Crippen LogP contribution >= 0.6 is 0 Å². The van der Waals surface area contributed by atoms with Crippen molar-refractivity contribution in [1.29, 1.82) is 0 Å². The first kappa shape index (κ1) is 29.7. The van der Waals surface area contributed by atoms with Crippen molar-refractivity contribution >= 4 is 27.5 Å². The number of carbonyl (C=O) groups excluding carboxylic acids is 2. The molecule has 1 N–H and O–H groups in total. The number of nitrogens with zero attached hydrogens (tertiary/aromatic N) is 2. The molecule has 0 saturated carbocycles. The van der Waals surface area contributed by atoms with Gasteiger partial charge in [0.05, 0.1) is 16.1 Å². The lowest BCUT2D eigenvalue weighted by Crippen LogP contribution is -2.52. The number of hydrogen-bond acceptors (Lipinski definition) is 4. The molecular formula is C28H30F3N3O4S. The lowest BCUT2D eigenvalue weighted by molar-refractivity contribution is -0.138. The molecule has 0 spiro atoms. The zero-order chi connectivity index (χ0) is 28.6. The summed E-state index contributed by atoms with van der Waals surface area (Å²) in [4.78, 5) is 27.4. The van der Waals surface area contributed by atoms with Crippen LogP contribution in [0.1, 0.15) is 25.0 Å². The van der Waals surface area contributed by atoms with Gasteiger partial charge in [-0.05, 0) is 56.2 Å². The fourth-order valence-corrected chi connectivity index (χ4v) is 5.40. The van der Waals surface area contributed by atoms with Crippen LogP contribution in [0.25, 0.3) is 0 Å². The van der Waals surface area contributed by atoms with Crippen molar-refractivity contribution < 1.29 is 31.2 Å². The molecule has 39 heavy (non-hydrogen) atoms. The number of nitrogens with one attached hydrogen (secondary N) is 1. The summed E-state index contributed by atoms with van der Waals surface area (Å²) in [5.74, 6) is -1.17. The predicted octanol–water partition coefficient (Wildman–Crippen LogP) is 4.50. The minimum absolute atomic E-state index is 0.0863. The zero-order valence-corrected chi connectivity index (χ0v) is 22.4. The molecule has 3 rings (SSSR count). The summed E-state index contributed by atoms with van der Waals surface area (Å²) in [6, 6.07) is 19.2. The first-order valence-corrected chi connectivity index (χ1v) is 13.7. The summed E-state index contributed by atoms with van der Waals surface area (Å²) in [6.07, 6.45) is -4.35. The Morgan fingerprint density at radius 3 is 2.13 bits per heavy atom. The van der Waals surface area contributed by atoms with Gasteiger partial charge < -0.3 is 10.2 Å². The monoisotopic (exact) mass is 561 g/mol. The van der Waals surface area contributed by atoms with Crippen molar-refractivity contribution in [3.8, 4) is 0 Å². The molecule has 0 aliphatic heterocycles. The second-order valence-electron chi connectivity index (χ2n) is 8.77. The summed E-state index contributed by atoms with van der Waals surface area (Å²) >= 11 is 0. The Morgan fingerprint density at radius 1 is 0.923 bits per heavy atom.